The SMILES string of the molecule is CC1(C)c2ccccc2-c2c(-n3c4ccccc4c4cc(-c5ccc6oc7ccc(-c8nc(-c9ccccc9)nc(-c9ccccc9)n8)cc7c6c5)ccc43)cccc21. The van der Waals surface area contributed by atoms with Crippen molar-refractivity contribution in [1.29, 1.82) is 0 Å². The molecule has 1 aliphatic rings. The van der Waals surface area contributed by atoms with Crippen LogP contribution in [0.5, 0.6) is 0 Å². The van der Waals surface area contributed by atoms with Crippen LogP contribution in [0.4, 0.5) is 0 Å². The average Bonchev–Trinajstić information content (AvgIpc) is 3.91. The molecule has 5 heteroatoms. The summed E-state index contributed by atoms with van der Waals surface area (Å²) < 4.78 is 8.89. The first kappa shape index (κ1) is 33.5. The summed E-state index contributed by atoms with van der Waals surface area (Å²) in [5, 5.41) is 4.51. The van der Waals surface area contributed by atoms with E-state index in [2.05, 4.69) is 128 Å². The highest BCUT2D eigenvalue weighted by atomic mass is 16.3. The molecule has 5 nitrogen and oxygen atoms in total. The van der Waals surface area contributed by atoms with Crippen molar-refractivity contribution in [2.45, 2.75) is 19.3 Å². The third-order valence-electron chi connectivity index (χ3n) is 12.3. The molecule has 0 aliphatic heterocycles. The highest BCUT2D eigenvalue weighted by Crippen LogP contribution is 2.51. The second kappa shape index (κ2) is 12.7. The molecule has 0 bridgehead atoms. The lowest BCUT2D eigenvalue weighted by atomic mass is 9.82. The second-order valence-electron chi connectivity index (χ2n) is 16.0. The van der Waals surface area contributed by atoms with E-state index in [0.717, 1.165) is 49.8 Å². The molecule has 0 amide bonds. The van der Waals surface area contributed by atoms with E-state index < -0.39 is 0 Å². The molecule has 12 rings (SSSR count). The Labute approximate surface area is 340 Å². The smallest absolute Gasteiger partial charge is 0.164 e. The molecule has 3 aromatic heterocycles. The fraction of sp³-hybridized carbons (Fsp3) is 0.0556. The number of fused-ring (bicyclic) bond motifs is 9. The highest BCUT2D eigenvalue weighted by molar-refractivity contribution is 6.12. The molecular formula is C54H36N4O. The standard InChI is InChI=1S/C54H36N4O/c1-54(2)43-20-11-9-19-39(43)50-44(54)21-13-23-47(50)58-45-22-12-10-18-38(45)40-30-35(24-27-46(40)58)36-25-28-48-41(31-36)42-32-37(26-29-49(42)59-48)53-56-51(33-14-5-3-6-15-33)55-52(57-53)34-16-7-4-8-17-34/h3-32H,1-2H3. The summed E-state index contributed by atoms with van der Waals surface area (Å²) in [5.41, 5.74) is 15.6. The van der Waals surface area contributed by atoms with Gasteiger partial charge in [0.15, 0.2) is 17.5 Å². The largest absolute Gasteiger partial charge is 0.456 e. The minimum atomic E-state index is -0.0773. The van der Waals surface area contributed by atoms with E-state index in [9.17, 15) is 0 Å². The molecule has 0 radical (unpaired) electrons. The van der Waals surface area contributed by atoms with Crippen LogP contribution in [-0.4, -0.2) is 19.5 Å². The van der Waals surface area contributed by atoms with Gasteiger partial charge in [-0.05, 0) is 82.4 Å². The highest BCUT2D eigenvalue weighted by Gasteiger charge is 2.37. The number of furan rings is 1. The number of para-hydroxylation sites is 1. The zero-order valence-corrected chi connectivity index (χ0v) is 32.5. The molecule has 278 valence electrons. The lowest BCUT2D eigenvalue weighted by Gasteiger charge is -2.21. The maximum Gasteiger partial charge on any atom is 0.164 e. The topological polar surface area (TPSA) is 56.7 Å². The van der Waals surface area contributed by atoms with Gasteiger partial charge in [-0.25, -0.2) is 15.0 Å². The Morgan fingerprint density at radius 3 is 1.64 bits per heavy atom. The van der Waals surface area contributed by atoms with Crippen LogP contribution in [0, 0.1) is 0 Å². The minimum absolute atomic E-state index is 0.0773. The molecule has 0 saturated carbocycles. The maximum atomic E-state index is 6.42. The molecule has 0 fully saturated rings. The van der Waals surface area contributed by atoms with Gasteiger partial charge in [0.25, 0.3) is 0 Å². The van der Waals surface area contributed by atoms with Crippen LogP contribution in [0.1, 0.15) is 25.0 Å². The predicted molar refractivity (Wildman–Crippen MR) is 241 cm³/mol. The molecule has 0 N–H and O–H groups in total. The Morgan fingerprint density at radius 1 is 0.407 bits per heavy atom. The van der Waals surface area contributed by atoms with E-state index in [1.807, 2.05) is 72.8 Å². The first-order valence-corrected chi connectivity index (χ1v) is 20.1. The Morgan fingerprint density at radius 2 is 0.932 bits per heavy atom. The van der Waals surface area contributed by atoms with Gasteiger partial charge in [0, 0.05) is 49.2 Å². The molecular weight excluding hydrogens is 721 g/mol. The van der Waals surface area contributed by atoms with Crippen molar-refractivity contribution < 1.29 is 4.42 Å². The lowest BCUT2D eigenvalue weighted by molar-refractivity contribution is 0.660. The Kier molecular flexibility index (Phi) is 7.20. The first-order valence-electron chi connectivity index (χ1n) is 20.1. The molecule has 8 aromatic carbocycles. The number of hydrogen-bond acceptors (Lipinski definition) is 4. The molecule has 0 spiro atoms. The molecule has 59 heavy (non-hydrogen) atoms. The summed E-state index contributed by atoms with van der Waals surface area (Å²) in [7, 11) is 0. The fourth-order valence-electron chi connectivity index (χ4n) is 9.37. The third kappa shape index (κ3) is 5.14. The van der Waals surface area contributed by atoms with Crippen LogP contribution in [0.25, 0.3) is 106 Å². The van der Waals surface area contributed by atoms with Gasteiger partial charge in [0.2, 0.25) is 0 Å². The number of nitrogens with zero attached hydrogens (tertiary/aromatic N) is 4. The van der Waals surface area contributed by atoms with Crippen LogP contribution < -0.4 is 0 Å². The maximum absolute atomic E-state index is 6.42. The normalized spacial score (nSPS) is 13.1. The Balaban J connectivity index is 0.996. The van der Waals surface area contributed by atoms with Crippen LogP contribution in [0.15, 0.2) is 186 Å². The Bertz CT molecular complexity index is 3410. The van der Waals surface area contributed by atoms with E-state index >= 15 is 0 Å². The Hall–Kier alpha value is -7.63. The van der Waals surface area contributed by atoms with Gasteiger partial charge in [0.05, 0.1) is 16.7 Å². The quantitative estimate of drug-likeness (QED) is 0.175. The summed E-state index contributed by atoms with van der Waals surface area (Å²) in [6.45, 7) is 4.69. The summed E-state index contributed by atoms with van der Waals surface area (Å²) in [6.07, 6.45) is 0. The van der Waals surface area contributed by atoms with Crippen LogP contribution in [-0.2, 0) is 5.41 Å². The molecule has 1 aliphatic carbocycles. The molecule has 0 saturated heterocycles. The fourth-order valence-corrected chi connectivity index (χ4v) is 9.37. The second-order valence-corrected chi connectivity index (χ2v) is 16.0. The molecule has 11 aromatic rings. The lowest BCUT2D eigenvalue weighted by Crippen LogP contribution is -2.14. The monoisotopic (exact) mass is 756 g/mol. The van der Waals surface area contributed by atoms with Gasteiger partial charge in [0.1, 0.15) is 11.2 Å². The van der Waals surface area contributed by atoms with Gasteiger partial charge >= 0.3 is 0 Å². The molecule has 3 heterocycles. The zero-order valence-electron chi connectivity index (χ0n) is 32.5. The number of benzene rings is 8. The van der Waals surface area contributed by atoms with Crippen molar-refractivity contribution in [1.82, 2.24) is 19.5 Å². The van der Waals surface area contributed by atoms with Crippen molar-refractivity contribution in [2.75, 3.05) is 0 Å². The summed E-state index contributed by atoms with van der Waals surface area (Å²) in [4.78, 5) is 14.9. The predicted octanol–water partition coefficient (Wildman–Crippen LogP) is 13.8. The van der Waals surface area contributed by atoms with Gasteiger partial charge in [-0.15, -0.1) is 0 Å². The van der Waals surface area contributed by atoms with Crippen LogP contribution in [0.2, 0.25) is 0 Å². The summed E-state index contributed by atoms with van der Waals surface area (Å²) in [5.74, 6) is 1.88. The number of rotatable bonds is 5. The van der Waals surface area contributed by atoms with Crippen LogP contribution >= 0.6 is 0 Å². The average molecular weight is 757 g/mol. The molecule has 0 unspecified atom stereocenters. The third-order valence-corrected chi connectivity index (χ3v) is 12.3. The van der Waals surface area contributed by atoms with E-state index in [4.69, 9.17) is 19.4 Å². The minimum Gasteiger partial charge on any atom is -0.456 e. The van der Waals surface area contributed by atoms with E-state index in [1.54, 1.807) is 0 Å². The van der Waals surface area contributed by atoms with Gasteiger partial charge in [-0.3, -0.25) is 0 Å². The van der Waals surface area contributed by atoms with Gasteiger partial charge in [-0.2, -0.15) is 0 Å². The van der Waals surface area contributed by atoms with E-state index in [-0.39, 0.29) is 5.41 Å². The van der Waals surface area contributed by atoms with Crippen molar-refractivity contribution in [3.8, 4) is 62.1 Å². The first-order chi connectivity index (χ1) is 29.0. The zero-order chi connectivity index (χ0) is 39.2. The van der Waals surface area contributed by atoms with E-state index in [1.165, 1.54) is 49.7 Å². The molecule has 0 atom stereocenters. The van der Waals surface area contributed by atoms with Crippen LogP contribution in [0.3, 0.4) is 0 Å². The van der Waals surface area contributed by atoms with Gasteiger partial charge in [-0.1, -0.05) is 141 Å². The van der Waals surface area contributed by atoms with Gasteiger partial charge < -0.3 is 8.98 Å². The summed E-state index contributed by atoms with van der Waals surface area (Å²) in [6, 6.07) is 64.3. The van der Waals surface area contributed by atoms with Crippen molar-refractivity contribution in [3.05, 3.63) is 193 Å². The number of hydrogen-bond donors (Lipinski definition) is 0. The summed E-state index contributed by atoms with van der Waals surface area (Å²) >= 11 is 0. The van der Waals surface area contributed by atoms with Crippen molar-refractivity contribution >= 4 is 43.7 Å². The van der Waals surface area contributed by atoms with Crippen molar-refractivity contribution in [3.63, 3.8) is 0 Å². The van der Waals surface area contributed by atoms with Crippen molar-refractivity contribution in [2.24, 2.45) is 0 Å². The van der Waals surface area contributed by atoms with E-state index in [0.29, 0.717) is 17.5 Å². The number of aromatic nitrogens is 4.